The SMILES string of the molecule is CCN(CC(N)c1ccccc1)c1ccc(C)cc1. The van der Waals surface area contributed by atoms with Gasteiger partial charge in [-0.05, 0) is 31.5 Å². The summed E-state index contributed by atoms with van der Waals surface area (Å²) in [7, 11) is 0. The molecule has 0 amide bonds. The van der Waals surface area contributed by atoms with Crippen LogP contribution in [0.3, 0.4) is 0 Å². The van der Waals surface area contributed by atoms with Gasteiger partial charge in [0.2, 0.25) is 0 Å². The molecule has 2 aromatic rings. The summed E-state index contributed by atoms with van der Waals surface area (Å²) in [5.41, 5.74) is 10.0. The minimum atomic E-state index is 0.0439. The summed E-state index contributed by atoms with van der Waals surface area (Å²) in [4.78, 5) is 2.32. The Morgan fingerprint density at radius 2 is 1.63 bits per heavy atom. The molecule has 0 heterocycles. The van der Waals surface area contributed by atoms with Gasteiger partial charge in [-0.25, -0.2) is 0 Å². The summed E-state index contributed by atoms with van der Waals surface area (Å²) in [6, 6.07) is 18.9. The largest absolute Gasteiger partial charge is 0.370 e. The van der Waals surface area contributed by atoms with Crippen molar-refractivity contribution < 1.29 is 0 Å². The van der Waals surface area contributed by atoms with Gasteiger partial charge in [0, 0.05) is 24.8 Å². The van der Waals surface area contributed by atoms with Gasteiger partial charge in [0.15, 0.2) is 0 Å². The van der Waals surface area contributed by atoms with Crippen molar-refractivity contribution in [3.8, 4) is 0 Å². The summed E-state index contributed by atoms with van der Waals surface area (Å²) in [6.07, 6.45) is 0. The first-order valence-corrected chi connectivity index (χ1v) is 6.83. The number of anilines is 1. The van der Waals surface area contributed by atoms with Crippen molar-refractivity contribution in [3.63, 3.8) is 0 Å². The fourth-order valence-corrected chi connectivity index (χ4v) is 2.22. The lowest BCUT2D eigenvalue weighted by Crippen LogP contribution is -2.32. The number of nitrogens with two attached hydrogens (primary N) is 1. The molecule has 0 aliphatic carbocycles. The van der Waals surface area contributed by atoms with Gasteiger partial charge < -0.3 is 10.6 Å². The van der Waals surface area contributed by atoms with Crippen molar-refractivity contribution >= 4 is 5.69 Å². The zero-order valence-electron chi connectivity index (χ0n) is 11.7. The maximum absolute atomic E-state index is 6.30. The number of hydrogen-bond acceptors (Lipinski definition) is 2. The van der Waals surface area contributed by atoms with Crippen LogP contribution in [0.2, 0.25) is 0 Å². The van der Waals surface area contributed by atoms with Crippen LogP contribution in [-0.4, -0.2) is 13.1 Å². The first-order chi connectivity index (χ1) is 9.20. The standard InChI is InChI=1S/C17H22N2/c1-3-19(16-11-9-14(2)10-12-16)13-17(18)15-7-5-4-6-8-15/h4-12,17H,3,13,18H2,1-2H3. The van der Waals surface area contributed by atoms with Gasteiger partial charge in [-0.3, -0.25) is 0 Å². The van der Waals surface area contributed by atoms with Gasteiger partial charge in [-0.15, -0.1) is 0 Å². The van der Waals surface area contributed by atoms with E-state index in [0.717, 1.165) is 13.1 Å². The van der Waals surface area contributed by atoms with Crippen LogP contribution in [0.1, 0.15) is 24.1 Å². The minimum absolute atomic E-state index is 0.0439. The lowest BCUT2D eigenvalue weighted by molar-refractivity contribution is 0.677. The molecule has 0 bridgehead atoms. The topological polar surface area (TPSA) is 29.3 Å². The fraction of sp³-hybridized carbons (Fsp3) is 0.294. The summed E-state index contributed by atoms with van der Waals surface area (Å²) >= 11 is 0. The highest BCUT2D eigenvalue weighted by molar-refractivity contribution is 5.47. The Bertz CT molecular complexity index is 490. The van der Waals surface area contributed by atoms with E-state index < -0.39 is 0 Å². The molecule has 0 aliphatic rings. The third-order valence-corrected chi connectivity index (χ3v) is 3.43. The Labute approximate surface area is 115 Å². The van der Waals surface area contributed by atoms with Gasteiger partial charge in [-0.1, -0.05) is 48.0 Å². The van der Waals surface area contributed by atoms with Crippen molar-refractivity contribution in [3.05, 3.63) is 65.7 Å². The quantitative estimate of drug-likeness (QED) is 0.884. The second kappa shape index (κ2) is 6.39. The molecular weight excluding hydrogens is 232 g/mol. The number of aryl methyl sites for hydroxylation is 1. The van der Waals surface area contributed by atoms with E-state index in [2.05, 4.69) is 55.1 Å². The Balaban J connectivity index is 2.09. The average molecular weight is 254 g/mol. The van der Waals surface area contributed by atoms with Gasteiger partial charge in [-0.2, -0.15) is 0 Å². The highest BCUT2D eigenvalue weighted by Crippen LogP contribution is 2.18. The lowest BCUT2D eigenvalue weighted by Gasteiger charge is -2.27. The number of rotatable bonds is 5. The zero-order chi connectivity index (χ0) is 13.7. The van der Waals surface area contributed by atoms with Crippen LogP contribution in [0.4, 0.5) is 5.69 Å². The van der Waals surface area contributed by atoms with Gasteiger partial charge in [0.1, 0.15) is 0 Å². The van der Waals surface area contributed by atoms with E-state index in [4.69, 9.17) is 5.73 Å². The number of nitrogens with zero attached hydrogens (tertiary/aromatic N) is 1. The second-order valence-corrected chi connectivity index (χ2v) is 4.89. The molecule has 0 radical (unpaired) electrons. The zero-order valence-corrected chi connectivity index (χ0v) is 11.7. The van der Waals surface area contributed by atoms with Gasteiger partial charge in [0.25, 0.3) is 0 Å². The number of benzene rings is 2. The molecule has 0 aromatic heterocycles. The van der Waals surface area contributed by atoms with Crippen molar-refractivity contribution in [1.29, 1.82) is 0 Å². The third kappa shape index (κ3) is 3.58. The Kier molecular flexibility index (Phi) is 4.58. The first-order valence-electron chi connectivity index (χ1n) is 6.83. The van der Waals surface area contributed by atoms with E-state index in [1.165, 1.54) is 16.8 Å². The molecule has 0 saturated heterocycles. The van der Waals surface area contributed by atoms with E-state index in [1.54, 1.807) is 0 Å². The molecule has 100 valence electrons. The predicted molar refractivity (Wildman–Crippen MR) is 82.4 cm³/mol. The van der Waals surface area contributed by atoms with Crippen LogP contribution in [0.25, 0.3) is 0 Å². The average Bonchev–Trinajstić information content (AvgIpc) is 2.46. The summed E-state index contributed by atoms with van der Waals surface area (Å²) in [5, 5.41) is 0. The molecule has 2 aromatic carbocycles. The van der Waals surface area contributed by atoms with Crippen molar-refractivity contribution in [2.75, 3.05) is 18.0 Å². The molecule has 2 rings (SSSR count). The van der Waals surface area contributed by atoms with E-state index in [1.807, 2.05) is 18.2 Å². The molecule has 1 unspecified atom stereocenters. The molecule has 0 fully saturated rings. The molecular formula is C17H22N2. The van der Waals surface area contributed by atoms with Crippen LogP contribution in [0.5, 0.6) is 0 Å². The van der Waals surface area contributed by atoms with Crippen LogP contribution in [0.15, 0.2) is 54.6 Å². The van der Waals surface area contributed by atoms with Crippen LogP contribution >= 0.6 is 0 Å². The van der Waals surface area contributed by atoms with Gasteiger partial charge in [0.05, 0.1) is 0 Å². The molecule has 19 heavy (non-hydrogen) atoms. The fourth-order valence-electron chi connectivity index (χ4n) is 2.22. The molecule has 2 nitrogen and oxygen atoms in total. The molecule has 1 atom stereocenters. The van der Waals surface area contributed by atoms with E-state index in [9.17, 15) is 0 Å². The van der Waals surface area contributed by atoms with E-state index in [0.29, 0.717) is 0 Å². The highest BCUT2D eigenvalue weighted by atomic mass is 15.1. The maximum atomic E-state index is 6.30. The molecule has 0 saturated carbocycles. The second-order valence-electron chi connectivity index (χ2n) is 4.89. The normalized spacial score (nSPS) is 12.2. The van der Waals surface area contributed by atoms with Crippen LogP contribution in [0, 0.1) is 6.92 Å². The minimum Gasteiger partial charge on any atom is -0.370 e. The van der Waals surface area contributed by atoms with Gasteiger partial charge >= 0.3 is 0 Å². The summed E-state index contributed by atoms with van der Waals surface area (Å²) in [6.45, 7) is 6.07. The maximum Gasteiger partial charge on any atom is 0.0473 e. The van der Waals surface area contributed by atoms with E-state index >= 15 is 0 Å². The number of hydrogen-bond donors (Lipinski definition) is 1. The van der Waals surface area contributed by atoms with Crippen molar-refractivity contribution in [1.82, 2.24) is 0 Å². The molecule has 0 aliphatic heterocycles. The first kappa shape index (κ1) is 13.6. The Morgan fingerprint density at radius 1 is 1.00 bits per heavy atom. The summed E-state index contributed by atoms with van der Waals surface area (Å²) in [5.74, 6) is 0. The van der Waals surface area contributed by atoms with Crippen LogP contribution < -0.4 is 10.6 Å². The summed E-state index contributed by atoms with van der Waals surface area (Å²) < 4.78 is 0. The lowest BCUT2D eigenvalue weighted by atomic mass is 10.1. The Morgan fingerprint density at radius 3 is 2.21 bits per heavy atom. The van der Waals surface area contributed by atoms with Crippen molar-refractivity contribution in [2.45, 2.75) is 19.9 Å². The Hall–Kier alpha value is -1.80. The molecule has 2 heteroatoms. The monoisotopic (exact) mass is 254 g/mol. The predicted octanol–water partition coefficient (Wildman–Crippen LogP) is 3.52. The molecule has 2 N–H and O–H groups in total. The highest BCUT2D eigenvalue weighted by Gasteiger charge is 2.11. The van der Waals surface area contributed by atoms with E-state index in [-0.39, 0.29) is 6.04 Å². The third-order valence-electron chi connectivity index (χ3n) is 3.43. The van der Waals surface area contributed by atoms with Crippen molar-refractivity contribution in [2.24, 2.45) is 5.73 Å². The van der Waals surface area contributed by atoms with Crippen LogP contribution in [-0.2, 0) is 0 Å². The number of likely N-dealkylation sites (N-methyl/N-ethyl adjacent to an activating group) is 1. The molecule has 0 spiro atoms. The smallest absolute Gasteiger partial charge is 0.0473 e.